The normalized spacial score (nSPS) is 37.4. The number of carbonyl (C=O) groups excluding carboxylic acids is 3. The van der Waals surface area contributed by atoms with Crippen molar-refractivity contribution in [3.05, 3.63) is 23.3 Å². The molecule has 6 unspecified atom stereocenters. The van der Waals surface area contributed by atoms with Crippen LogP contribution in [0.4, 0.5) is 9.59 Å². The number of alkyl carbamates (subject to hydrolysis) is 2. The first-order valence-electron chi connectivity index (χ1n) is 29.1. The second-order valence-electron chi connectivity index (χ2n) is 27.0. The third-order valence-corrected chi connectivity index (χ3v) is 20.3. The lowest BCUT2D eigenvalue weighted by molar-refractivity contribution is -0.154. The molecule has 2 amide bonds. The van der Waals surface area contributed by atoms with Gasteiger partial charge in [-0.15, -0.1) is 24.7 Å². The first-order valence-corrected chi connectivity index (χ1v) is 29.1. The molecule has 8 rings (SSSR count). The maximum Gasteiger partial charge on any atom is 0.408 e. The van der Waals surface area contributed by atoms with E-state index in [0.29, 0.717) is 46.8 Å². The fourth-order valence-corrected chi connectivity index (χ4v) is 16.2. The Morgan fingerprint density at radius 1 is 0.662 bits per heavy atom. The summed E-state index contributed by atoms with van der Waals surface area (Å²) < 4.78 is 16.3. The highest BCUT2D eigenvalue weighted by atomic mass is 16.6. The van der Waals surface area contributed by atoms with E-state index in [1.54, 1.807) is 47.1 Å². The summed E-state index contributed by atoms with van der Waals surface area (Å²) in [4.78, 5) is 47.4. The van der Waals surface area contributed by atoms with Crippen LogP contribution >= 0.6 is 0 Å². The van der Waals surface area contributed by atoms with Crippen LogP contribution in [0.5, 0.6) is 0 Å². The zero-order valence-electron chi connectivity index (χ0n) is 47.8. The average molecular weight is 1030 g/mol. The number of unbranched alkanes of at least 4 members (excludes halogenated alkanes) is 2. The van der Waals surface area contributed by atoms with Gasteiger partial charge in [-0.2, -0.15) is 0 Å². The van der Waals surface area contributed by atoms with Gasteiger partial charge in [-0.25, -0.2) is 19.2 Å². The number of fused-ring (bicyclic) bond motifs is 10. The molecular weight excluding hydrogens is 929 g/mol. The van der Waals surface area contributed by atoms with E-state index in [-0.39, 0.29) is 23.6 Å². The molecule has 8 aliphatic carbocycles. The van der Waals surface area contributed by atoms with Gasteiger partial charge in [-0.3, -0.25) is 0 Å². The van der Waals surface area contributed by atoms with E-state index in [1.807, 2.05) is 13.8 Å². The highest BCUT2D eigenvalue weighted by molar-refractivity contribution is 5.81. The zero-order chi connectivity index (χ0) is 54.6. The Labute approximate surface area is 447 Å². The van der Waals surface area contributed by atoms with Crippen LogP contribution in [-0.2, 0) is 23.8 Å². The molecule has 0 heterocycles. The van der Waals surface area contributed by atoms with Crippen molar-refractivity contribution in [2.45, 2.75) is 253 Å². The van der Waals surface area contributed by atoms with Gasteiger partial charge in [0.15, 0.2) is 0 Å². The van der Waals surface area contributed by atoms with Crippen molar-refractivity contribution in [3.63, 3.8) is 0 Å². The summed E-state index contributed by atoms with van der Waals surface area (Å²) in [7, 11) is 0. The lowest BCUT2D eigenvalue weighted by atomic mass is 9.47. The van der Waals surface area contributed by atoms with Gasteiger partial charge in [0.05, 0.1) is 6.10 Å². The number of aliphatic hydroxyl groups is 1. The van der Waals surface area contributed by atoms with E-state index in [1.165, 1.54) is 69.8 Å². The van der Waals surface area contributed by atoms with Crippen molar-refractivity contribution in [3.8, 4) is 24.7 Å². The molecule has 0 aliphatic heterocycles. The van der Waals surface area contributed by atoms with Crippen LogP contribution in [0.1, 0.15) is 218 Å². The number of carboxylic acid groups (broad SMARTS) is 1. The summed E-state index contributed by atoms with van der Waals surface area (Å²) >= 11 is 0. The maximum atomic E-state index is 12.9. The van der Waals surface area contributed by atoms with Gasteiger partial charge in [0, 0.05) is 18.3 Å². The van der Waals surface area contributed by atoms with Crippen LogP contribution in [0, 0.1) is 93.7 Å². The number of ether oxygens (including phenoxy) is 3. The fourth-order valence-electron chi connectivity index (χ4n) is 16.2. The largest absolute Gasteiger partial charge is 0.480 e. The van der Waals surface area contributed by atoms with Crippen LogP contribution in [0.25, 0.3) is 0 Å². The number of aliphatic hydroxyl groups excluding tert-OH is 1. The van der Waals surface area contributed by atoms with E-state index in [9.17, 15) is 24.3 Å². The summed E-state index contributed by atoms with van der Waals surface area (Å²) in [5, 5.41) is 24.1. The minimum Gasteiger partial charge on any atom is -0.480 e. The third kappa shape index (κ3) is 13.1. The number of rotatable bonds is 10. The van der Waals surface area contributed by atoms with Crippen molar-refractivity contribution >= 4 is 24.1 Å². The zero-order valence-corrected chi connectivity index (χ0v) is 47.8. The molecule has 0 aromatic carbocycles. The molecule has 11 heteroatoms. The van der Waals surface area contributed by atoms with Crippen LogP contribution < -0.4 is 10.6 Å². The Hall–Kier alpha value is -3.96. The third-order valence-electron chi connectivity index (χ3n) is 20.3. The number of nitrogens with one attached hydrogen (secondary N) is 2. The number of esters is 1. The van der Waals surface area contributed by atoms with Crippen molar-refractivity contribution in [1.29, 1.82) is 0 Å². The quantitative estimate of drug-likeness (QED) is 0.0549. The van der Waals surface area contributed by atoms with E-state index in [2.05, 4.69) is 62.3 Å². The van der Waals surface area contributed by atoms with Gasteiger partial charge in [0.1, 0.15) is 29.4 Å². The molecule has 6 saturated carbocycles. The second-order valence-corrected chi connectivity index (χ2v) is 27.0. The van der Waals surface area contributed by atoms with Gasteiger partial charge < -0.3 is 35.1 Å². The fraction of sp³-hybridized carbons (Fsp3) is 0.810. The first kappa shape index (κ1) is 59.3. The lowest BCUT2D eigenvalue weighted by Gasteiger charge is -2.57. The topological polar surface area (TPSA) is 160 Å². The van der Waals surface area contributed by atoms with E-state index >= 15 is 0 Å². The lowest BCUT2D eigenvalue weighted by Crippen LogP contribution is -2.51. The molecular formula is C63H98N2O9. The Morgan fingerprint density at radius 2 is 1.14 bits per heavy atom. The van der Waals surface area contributed by atoms with E-state index < -0.39 is 41.4 Å². The first-order chi connectivity index (χ1) is 34.7. The predicted molar refractivity (Wildman–Crippen MR) is 292 cm³/mol. The molecule has 0 spiro atoms. The number of carbonyl (C=O) groups is 4. The van der Waals surface area contributed by atoms with Crippen LogP contribution in [-0.4, -0.2) is 69.8 Å². The van der Waals surface area contributed by atoms with E-state index in [0.717, 1.165) is 87.4 Å². The molecule has 8 aliphatic rings. The van der Waals surface area contributed by atoms with Crippen molar-refractivity contribution < 1.29 is 43.6 Å². The minimum absolute atomic E-state index is 0.0953. The summed E-state index contributed by atoms with van der Waals surface area (Å²) in [6.45, 7) is 24.4. The van der Waals surface area contributed by atoms with Gasteiger partial charge >= 0.3 is 24.1 Å². The van der Waals surface area contributed by atoms with Gasteiger partial charge in [-0.05, 0) is 208 Å². The smallest absolute Gasteiger partial charge is 0.408 e. The molecule has 0 bridgehead atoms. The van der Waals surface area contributed by atoms with Crippen molar-refractivity contribution in [2.75, 3.05) is 0 Å². The monoisotopic (exact) mass is 1030 g/mol. The molecule has 6 fully saturated rings. The molecule has 11 nitrogen and oxygen atoms in total. The Bertz CT molecular complexity index is 2160. The summed E-state index contributed by atoms with van der Waals surface area (Å²) in [6, 6.07) is -1.55. The number of aliphatic carboxylic acids is 1. The Balaban J connectivity index is 0.000000196. The van der Waals surface area contributed by atoms with Crippen molar-refractivity contribution in [2.24, 2.45) is 69.0 Å². The van der Waals surface area contributed by atoms with Crippen LogP contribution in [0.2, 0.25) is 0 Å². The number of amides is 2. The van der Waals surface area contributed by atoms with Crippen molar-refractivity contribution in [1.82, 2.24) is 10.6 Å². The standard InChI is InChI=1S/C30H45NO4.C21H30O.C12H23NO4/c1-8-19-11-13-23-22-12-10-20-18-21(14-16-30(20,7)24(22)15-17-29(19,23)6)34-26(32)25(9-2)31-27(33)35-28(3,4)5;1-4-14-6-8-18-17-7-5-15-13-16(22)9-11-21(15,3)19(17)10-12-20(14,18)2;1-5-6-7-8-9(10(14)15)13-11(16)17-12(2,3)4/h1,10,19,21-25H,9,11-18H2,2-7H3,(H,31,33);1,5,14,16-19,22H,6-13H2,2-3H3;9H,5-8H2,1-4H3,(H,13,16)(H,14,15)/t19-,21-,22?,23?,24?,25-,29+,30-;14-,16-,17?,18?,19?,20+,21-;9-/m000/s1. The number of hydrogen-bond donors (Lipinski definition) is 4. The molecule has 414 valence electrons. The molecule has 0 radical (unpaired) electrons. The number of carboxylic acids is 1. The molecule has 74 heavy (non-hydrogen) atoms. The Morgan fingerprint density at radius 3 is 1.58 bits per heavy atom. The number of allylic oxidation sites excluding steroid dienone is 2. The highest BCUT2D eigenvalue weighted by Gasteiger charge is 2.60. The highest BCUT2D eigenvalue weighted by Crippen LogP contribution is 2.68. The van der Waals surface area contributed by atoms with E-state index in [4.69, 9.17) is 32.2 Å². The average Bonchev–Trinajstić information content (AvgIpc) is 3.85. The predicted octanol–water partition coefficient (Wildman–Crippen LogP) is 13.5. The number of terminal acetylenes is 2. The second kappa shape index (κ2) is 23.7. The van der Waals surface area contributed by atoms with Crippen LogP contribution in [0.15, 0.2) is 23.3 Å². The summed E-state index contributed by atoms with van der Waals surface area (Å²) in [5.41, 5.74) is 3.08. The molecule has 0 aromatic heterocycles. The maximum absolute atomic E-state index is 12.9. The van der Waals surface area contributed by atoms with Gasteiger partial charge in [0.25, 0.3) is 0 Å². The van der Waals surface area contributed by atoms with Crippen LogP contribution in [0.3, 0.4) is 0 Å². The number of hydrogen-bond acceptors (Lipinski definition) is 8. The van der Waals surface area contributed by atoms with Gasteiger partial charge in [-0.1, -0.05) is 84.1 Å². The molecule has 0 aromatic rings. The molecule has 16 atom stereocenters. The summed E-state index contributed by atoms with van der Waals surface area (Å²) in [5.74, 6) is 10.5. The minimum atomic E-state index is -1.02. The molecule has 4 N–H and O–H groups in total. The van der Waals surface area contributed by atoms with Gasteiger partial charge in [0.2, 0.25) is 0 Å². The molecule has 0 saturated heterocycles. The Kier molecular flexibility index (Phi) is 19.0. The summed E-state index contributed by atoms with van der Waals surface area (Å²) in [6.07, 6.45) is 37.3. The SMILES string of the molecule is C#C[C@H]1CCC2C3CC=C4C[C@@H](O)CC[C@]4(C)C3CC[C@@]21C.C#C[C@H]1CCC2C3CC=C4C[C@@H](OC(=O)[C@H](CC)NC(=O)OC(C)(C)C)CC[C@]4(C)C3CC[C@@]21C.CCCCC[C@H](NC(=O)OC(C)(C)C)C(=O)O.